The maximum absolute atomic E-state index is 11.2. The Kier molecular flexibility index (Phi) is 5.63. The Morgan fingerprint density at radius 2 is 2.24 bits per heavy atom. The van der Waals surface area contributed by atoms with Gasteiger partial charge in [-0.2, -0.15) is 0 Å². The van der Waals surface area contributed by atoms with E-state index in [9.17, 15) is 4.79 Å². The number of para-hydroxylation sites is 1. The molecule has 0 saturated carbocycles. The maximum Gasteiger partial charge on any atom is 0.305 e. The molecule has 2 rings (SSSR count). The van der Waals surface area contributed by atoms with Gasteiger partial charge in [-0.3, -0.25) is 4.79 Å². The van der Waals surface area contributed by atoms with Gasteiger partial charge in [0.2, 0.25) is 0 Å². The Morgan fingerprint density at radius 3 is 3.00 bits per heavy atom. The van der Waals surface area contributed by atoms with Gasteiger partial charge in [-0.15, -0.1) is 0 Å². The van der Waals surface area contributed by atoms with Crippen molar-refractivity contribution in [3.8, 4) is 5.75 Å². The highest BCUT2D eigenvalue weighted by molar-refractivity contribution is 5.83. The molecule has 0 spiro atoms. The summed E-state index contributed by atoms with van der Waals surface area (Å²) in [5, 5.41) is 4.28. The predicted molar refractivity (Wildman–Crippen MR) is 80.3 cm³/mol. The Bertz CT molecular complexity index is 591. The number of fused-ring (bicyclic) bond motifs is 1. The zero-order chi connectivity index (χ0) is 15.1. The molecule has 21 heavy (non-hydrogen) atoms. The lowest BCUT2D eigenvalue weighted by Gasteiger charge is -2.03. The quantitative estimate of drug-likeness (QED) is 0.598. The molecule has 0 aliphatic heterocycles. The van der Waals surface area contributed by atoms with E-state index in [1.54, 1.807) is 7.11 Å². The van der Waals surface area contributed by atoms with Crippen molar-refractivity contribution in [2.75, 3.05) is 20.3 Å². The van der Waals surface area contributed by atoms with Gasteiger partial charge in [-0.05, 0) is 32.0 Å². The van der Waals surface area contributed by atoms with Crippen LogP contribution in [0.4, 0.5) is 0 Å². The standard InChI is InChI=1S/C16H21NO4/c1-3-20-15(18)8-5-9-17-11-13-10-12-6-4-7-14(19-2)16(12)21-13/h4,6-7,10,17H,3,5,8-9,11H2,1-2H3. The van der Waals surface area contributed by atoms with E-state index in [1.165, 1.54) is 0 Å². The van der Waals surface area contributed by atoms with Crippen molar-refractivity contribution in [2.24, 2.45) is 0 Å². The smallest absolute Gasteiger partial charge is 0.305 e. The molecule has 0 amide bonds. The van der Waals surface area contributed by atoms with E-state index >= 15 is 0 Å². The Balaban J connectivity index is 1.80. The minimum atomic E-state index is -0.146. The molecule has 1 aromatic heterocycles. The molecule has 5 nitrogen and oxygen atoms in total. The van der Waals surface area contributed by atoms with Gasteiger partial charge in [0.25, 0.3) is 0 Å². The SMILES string of the molecule is CCOC(=O)CCCNCc1cc2cccc(OC)c2o1. The summed E-state index contributed by atoms with van der Waals surface area (Å²) >= 11 is 0. The average molecular weight is 291 g/mol. The van der Waals surface area contributed by atoms with Crippen LogP contribution < -0.4 is 10.1 Å². The summed E-state index contributed by atoms with van der Waals surface area (Å²) in [6.45, 7) is 3.62. The third kappa shape index (κ3) is 4.23. The number of hydrogen-bond acceptors (Lipinski definition) is 5. The van der Waals surface area contributed by atoms with Crippen molar-refractivity contribution in [1.29, 1.82) is 0 Å². The van der Waals surface area contributed by atoms with Crippen molar-refractivity contribution >= 4 is 16.9 Å². The second-order valence-electron chi connectivity index (χ2n) is 4.68. The number of carbonyl (C=O) groups is 1. The number of hydrogen-bond donors (Lipinski definition) is 1. The lowest BCUT2D eigenvalue weighted by atomic mass is 10.2. The third-order valence-corrected chi connectivity index (χ3v) is 3.12. The molecule has 1 aromatic carbocycles. The summed E-state index contributed by atoms with van der Waals surface area (Å²) in [4.78, 5) is 11.2. The first kappa shape index (κ1) is 15.4. The maximum atomic E-state index is 11.2. The average Bonchev–Trinajstić information content (AvgIpc) is 2.89. The highest BCUT2D eigenvalue weighted by atomic mass is 16.5. The lowest BCUT2D eigenvalue weighted by molar-refractivity contribution is -0.143. The highest BCUT2D eigenvalue weighted by Gasteiger charge is 2.08. The fourth-order valence-electron chi connectivity index (χ4n) is 2.14. The van der Waals surface area contributed by atoms with Gasteiger partial charge in [0, 0.05) is 11.8 Å². The van der Waals surface area contributed by atoms with Crippen LogP contribution in [0.5, 0.6) is 5.75 Å². The fraction of sp³-hybridized carbons (Fsp3) is 0.438. The van der Waals surface area contributed by atoms with Gasteiger partial charge < -0.3 is 19.2 Å². The van der Waals surface area contributed by atoms with E-state index in [0.717, 1.165) is 35.4 Å². The normalized spacial score (nSPS) is 10.8. The zero-order valence-corrected chi connectivity index (χ0v) is 12.5. The molecule has 114 valence electrons. The van der Waals surface area contributed by atoms with Gasteiger partial charge in [0.1, 0.15) is 5.76 Å². The number of benzene rings is 1. The molecule has 1 heterocycles. The van der Waals surface area contributed by atoms with E-state index in [2.05, 4.69) is 5.32 Å². The molecule has 0 atom stereocenters. The van der Waals surface area contributed by atoms with Crippen molar-refractivity contribution in [1.82, 2.24) is 5.32 Å². The van der Waals surface area contributed by atoms with Crippen LogP contribution >= 0.6 is 0 Å². The molecule has 0 unspecified atom stereocenters. The topological polar surface area (TPSA) is 60.7 Å². The zero-order valence-electron chi connectivity index (χ0n) is 12.5. The Hall–Kier alpha value is -2.01. The van der Waals surface area contributed by atoms with Gasteiger partial charge in [0.15, 0.2) is 11.3 Å². The molecule has 0 radical (unpaired) electrons. The van der Waals surface area contributed by atoms with E-state index < -0.39 is 0 Å². The van der Waals surface area contributed by atoms with Crippen LogP contribution in [0.25, 0.3) is 11.0 Å². The second kappa shape index (κ2) is 7.69. The minimum absolute atomic E-state index is 0.146. The first-order chi connectivity index (χ1) is 10.2. The number of rotatable bonds is 8. The summed E-state index contributed by atoms with van der Waals surface area (Å²) in [7, 11) is 1.63. The molecule has 0 saturated heterocycles. The molecule has 1 N–H and O–H groups in total. The van der Waals surface area contributed by atoms with E-state index in [1.807, 2.05) is 31.2 Å². The van der Waals surface area contributed by atoms with Crippen LogP contribution in [-0.4, -0.2) is 26.2 Å². The van der Waals surface area contributed by atoms with Gasteiger partial charge in [-0.25, -0.2) is 0 Å². The summed E-state index contributed by atoms with van der Waals surface area (Å²) < 4.78 is 15.9. The van der Waals surface area contributed by atoms with Crippen LogP contribution in [0.2, 0.25) is 0 Å². The number of methoxy groups -OCH3 is 1. The monoisotopic (exact) mass is 291 g/mol. The molecular weight excluding hydrogens is 270 g/mol. The number of esters is 1. The van der Waals surface area contributed by atoms with E-state index in [4.69, 9.17) is 13.9 Å². The van der Waals surface area contributed by atoms with E-state index in [-0.39, 0.29) is 5.97 Å². The molecule has 2 aromatic rings. The third-order valence-electron chi connectivity index (χ3n) is 3.12. The Labute approximate surface area is 124 Å². The molecule has 0 fully saturated rings. The van der Waals surface area contributed by atoms with Crippen molar-refractivity contribution in [3.63, 3.8) is 0 Å². The van der Waals surface area contributed by atoms with Crippen molar-refractivity contribution in [3.05, 3.63) is 30.0 Å². The number of ether oxygens (including phenoxy) is 2. The molecule has 0 aliphatic carbocycles. The van der Waals surface area contributed by atoms with Crippen LogP contribution in [0, 0.1) is 0 Å². The fourth-order valence-corrected chi connectivity index (χ4v) is 2.14. The first-order valence-corrected chi connectivity index (χ1v) is 7.16. The van der Waals surface area contributed by atoms with Crippen LogP contribution in [0.3, 0.4) is 0 Å². The summed E-state index contributed by atoms with van der Waals surface area (Å²) in [5.41, 5.74) is 0.767. The van der Waals surface area contributed by atoms with Crippen LogP contribution in [0.15, 0.2) is 28.7 Å². The largest absolute Gasteiger partial charge is 0.493 e. The van der Waals surface area contributed by atoms with Crippen LogP contribution in [0.1, 0.15) is 25.5 Å². The number of furan rings is 1. The number of nitrogens with one attached hydrogen (secondary N) is 1. The van der Waals surface area contributed by atoms with Crippen molar-refractivity contribution in [2.45, 2.75) is 26.3 Å². The number of carbonyl (C=O) groups excluding carboxylic acids is 1. The predicted octanol–water partition coefficient (Wildman–Crippen LogP) is 2.87. The lowest BCUT2D eigenvalue weighted by Crippen LogP contribution is -2.16. The molecule has 5 heteroatoms. The van der Waals surface area contributed by atoms with Crippen molar-refractivity contribution < 1.29 is 18.7 Å². The summed E-state index contributed by atoms with van der Waals surface area (Å²) in [6.07, 6.45) is 1.19. The summed E-state index contributed by atoms with van der Waals surface area (Å²) in [5.74, 6) is 1.44. The first-order valence-electron chi connectivity index (χ1n) is 7.16. The van der Waals surface area contributed by atoms with E-state index in [0.29, 0.717) is 19.6 Å². The summed E-state index contributed by atoms with van der Waals surface area (Å²) in [6, 6.07) is 7.80. The molecule has 0 aliphatic rings. The minimum Gasteiger partial charge on any atom is -0.493 e. The molecular formula is C16H21NO4. The van der Waals surface area contributed by atoms with Gasteiger partial charge >= 0.3 is 5.97 Å². The highest BCUT2D eigenvalue weighted by Crippen LogP contribution is 2.28. The van der Waals surface area contributed by atoms with Gasteiger partial charge in [0.05, 0.1) is 20.3 Å². The Morgan fingerprint density at radius 1 is 1.38 bits per heavy atom. The van der Waals surface area contributed by atoms with Crippen LogP contribution in [-0.2, 0) is 16.1 Å². The van der Waals surface area contributed by atoms with Gasteiger partial charge in [-0.1, -0.05) is 12.1 Å². The second-order valence-corrected chi connectivity index (χ2v) is 4.68. The molecule has 0 bridgehead atoms.